The average molecular weight is 324 g/mol. The smallest absolute Gasteiger partial charge is 0.317 e. The second kappa shape index (κ2) is 7.66. The Hall–Kier alpha value is -1.79. The molecular weight excluding hydrogens is 296 g/mol. The first kappa shape index (κ1) is 17.6. The number of nitrogens with one attached hydrogen (secondary N) is 1. The molecule has 0 aliphatic carbocycles. The summed E-state index contributed by atoms with van der Waals surface area (Å²) in [6.45, 7) is 9.18. The number of carbonyl (C=O) groups excluding carboxylic acids is 3. The Morgan fingerprint density at radius 3 is 1.87 bits per heavy atom. The summed E-state index contributed by atoms with van der Waals surface area (Å²) in [5.41, 5.74) is 0. The molecule has 4 amide bonds. The third-order valence-electron chi connectivity index (χ3n) is 4.58. The fourth-order valence-electron chi connectivity index (χ4n) is 3.17. The highest BCUT2D eigenvalue weighted by atomic mass is 16.2. The van der Waals surface area contributed by atoms with Crippen molar-refractivity contribution in [2.24, 2.45) is 5.92 Å². The molecule has 7 heteroatoms. The zero-order chi connectivity index (χ0) is 17.0. The second-order valence-electron chi connectivity index (χ2n) is 6.70. The molecule has 130 valence electrons. The summed E-state index contributed by atoms with van der Waals surface area (Å²) in [6, 6.07) is 0.0837. The van der Waals surface area contributed by atoms with Crippen molar-refractivity contribution < 1.29 is 14.4 Å². The van der Waals surface area contributed by atoms with E-state index in [9.17, 15) is 14.4 Å². The Labute approximate surface area is 138 Å². The summed E-state index contributed by atoms with van der Waals surface area (Å²) >= 11 is 0. The zero-order valence-electron chi connectivity index (χ0n) is 14.4. The van der Waals surface area contributed by atoms with E-state index in [-0.39, 0.29) is 29.8 Å². The number of urea groups is 1. The third-order valence-corrected chi connectivity index (χ3v) is 4.58. The maximum atomic E-state index is 12.6. The number of piperazine rings is 1. The largest absolute Gasteiger partial charge is 0.339 e. The molecule has 2 rings (SSSR count). The molecular formula is C16H28N4O3. The van der Waals surface area contributed by atoms with E-state index in [4.69, 9.17) is 0 Å². The van der Waals surface area contributed by atoms with Crippen LogP contribution in [-0.2, 0) is 9.59 Å². The van der Waals surface area contributed by atoms with Crippen LogP contribution in [0.15, 0.2) is 0 Å². The van der Waals surface area contributed by atoms with Gasteiger partial charge >= 0.3 is 6.03 Å². The predicted molar refractivity (Wildman–Crippen MR) is 86.8 cm³/mol. The number of likely N-dealkylation sites (tertiary alicyclic amines) is 1. The van der Waals surface area contributed by atoms with Gasteiger partial charge in [-0.1, -0.05) is 0 Å². The highest BCUT2D eigenvalue weighted by Crippen LogP contribution is 2.20. The minimum Gasteiger partial charge on any atom is -0.339 e. The Balaban J connectivity index is 1.78. The number of amides is 4. The maximum Gasteiger partial charge on any atom is 0.317 e. The molecule has 2 aliphatic heterocycles. The minimum absolute atomic E-state index is 0.00183. The van der Waals surface area contributed by atoms with Crippen LogP contribution >= 0.6 is 0 Å². The van der Waals surface area contributed by atoms with Crippen molar-refractivity contribution in [2.45, 2.75) is 39.7 Å². The summed E-state index contributed by atoms with van der Waals surface area (Å²) < 4.78 is 0. The summed E-state index contributed by atoms with van der Waals surface area (Å²) in [5.74, 6) is 0.251. The molecule has 0 aromatic rings. The van der Waals surface area contributed by atoms with Gasteiger partial charge in [0.25, 0.3) is 0 Å². The Bertz CT molecular complexity index is 450. The molecule has 0 unspecified atom stereocenters. The first-order valence-corrected chi connectivity index (χ1v) is 8.48. The Morgan fingerprint density at radius 2 is 1.39 bits per heavy atom. The van der Waals surface area contributed by atoms with Crippen molar-refractivity contribution >= 4 is 17.8 Å². The highest BCUT2D eigenvalue weighted by Gasteiger charge is 2.32. The quantitative estimate of drug-likeness (QED) is 0.804. The van der Waals surface area contributed by atoms with Crippen LogP contribution in [0.2, 0.25) is 0 Å². The van der Waals surface area contributed by atoms with Crippen LogP contribution in [0.5, 0.6) is 0 Å². The maximum absolute atomic E-state index is 12.6. The van der Waals surface area contributed by atoms with E-state index in [1.165, 1.54) is 0 Å². The molecule has 2 aliphatic rings. The third kappa shape index (κ3) is 4.59. The predicted octanol–water partition coefficient (Wildman–Crippen LogP) is 0.507. The van der Waals surface area contributed by atoms with Crippen molar-refractivity contribution in [2.75, 3.05) is 39.3 Å². The van der Waals surface area contributed by atoms with Crippen LogP contribution < -0.4 is 5.32 Å². The minimum atomic E-state index is -0.0408. The van der Waals surface area contributed by atoms with Gasteiger partial charge < -0.3 is 20.0 Å². The molecule has 2 saturated heterocycles. The number of rotatable bonds is 2. The first-order valence-electron chi connectivity index (χ1n) is 8.48. The number of piperidine rings is 1. The van der Waals surface area contributed by atoms with E-state index in [0.717, 1.165) is 12.8 Å². The zero-order valence-corrected chi connectivity index (χ0v) is 14.4. The number of hydrogen-bond donors (Lipinski definition) is 1. The van der Waals surface area contributed by atoms with E-state index in [1.807, 2.05) is 18.7 Å². The fraction of sp³-hybridized carbons (Fsp3) is 0.812. The molecule has 0 atom stereocenters. The van der Waals surface area contributed by atoms with Crippen LogP contribution in [0.1, 0.15) is 33.6 Å². The van der Waals surface area contributed by atoms with Gasteiger partial charge in [0, 0.05) is 58.2 Å². The van der Waals surface area contributed by atoms with E-state index >= 15 is 0 Å². The topological polar surface area (TPSA) is 73.0 Å². The Morgan fingerprint density at radius 1 is 0.870 bits per heavy atom. The summed E-state index contributed by atoms with van der Waals surface area (Å²) in [7, 11) is 0. The van der Waals surface area contributed by atoms with Crippen molar-refractivity contribution in [3.63, 3.8) is 0 Å². The monoisotopic (exact) mass is 324 g/mol. The van der Waals surface area contributed by atoms with Crippen molar-refractivity contribution in [3.8, 4) is 0 Å². The second-order valence-corrected chi connectivity index (χ2v) is 6.70. The number of hydrogen-bond acceptors (Lipinski definition) is 3. The molecule has 2 heterocycles. The lowest BCUT2D eigenvalue weighted by Gasteiger charge is -2.38. The normalized spacial score (nSPS) is 19.9. The fourth-order valence-corrected chi connectivity index (χ4v) is 3.17. The van der Waals surface area contributed by atoms with Gasteiger partial charge in [-0.3, -0.25) is 9.59 Å². The molecule has 2 fully saturated rings. The Kier molecular flexibility index (Phi) is 5.85. The van der Waals surface area contributed by atoms with Crippen molar-refractivity contribution in [1.29, 1.82) is 0 Å². The van der Waals surface area contributed by atoms with E-state index < -0.39 is 0 Å². The first-order chi connectivity index (χ1) is 10.9. The summed E-state index contributed by atoms with van der Waals surface area (Å²) in [4.78, 5) is 41.3. The van der Waals surface area contributed by atoms with Crippen LogP contribution in [-0.4, -0.2) is 77.9 Å². The van der Waals surface area contributed by atoms with Crippen LogP contribution in [0.25, 0.3) is 0 Å². The van der Waals surface area contributed by atoms with Gasteiger partial charge in [0.1, 0.15) is 0 Å². The number of nitrogens with zero attached hydrogens (tertiary/aromatic N) is 3. The van der Waals surface area contributed by atoms with E-state index in [2.05, 4.69) is 5.32 Å². The van der Waals surface area contributed by atoms with Crippen LogP contribution in [0.3, 0.4) is 0 Å². The van der Waals surface area contributed by atoms with Gasteiger partial charge in [0.05, 0.1) is 0 Å². The molecule has 0 saturated carbocycles. The molecule has 7 nitrogen and oxygen atoms in total. The van der Waals surface area contributed by atoms with Gasteiger partial charge in [0.15, 0.2) is 0 Å². The lowest BCUT2D eigenvalue weighted by Crippen LogP contribution is -2.53. The van der Waals surface area contributed by atoms with Crippen LogP contribution in [0, 0.1) is 5.92 Å². The van der Waals surface area contributed by atoms with Gasteiger partial charge in [-0.2, -0.15) is 0 Å². The van der Waals surface area contributed by atoms with Gasteiger partial charge in [-0.05, 0) is 26.7 Å². The molecule has 0 aromatic carbocycles. The molecule has 0 spiro atoms. The molecule has 0 bridgehead atoms. The van der Waals surface area contributed by atoms with Gasteiger partial charge in [0.2, 0.25) is 11.8 Å². The lowest BCUT2D eigenvalue weighted by molar-refractivity contribution is -0.142. The highest BCUT2D eigenvalue weighted by molar-refractivity contribution is 5.80. The number of carbonyl (C=O) groups is 3. The van der Waals surface area contributed by atoms with E-state index in [1.54, 1.807) is 16.7 Å². The van der Waals surface area contributed by atoms with Gasteiger partial charge in [-0.25, -0.2) is 4.79 Å². The SMILES string of the molecule is CC(=O)N1CCN(C(=O)C2CCN(C(=O)NC(C)C)CC2)CC1. The van der Waals surface area contributed by atoms with Crippen molar-refractivity contribution in [1.82, 2.24) is 20.0 Å². The molecule has 0 radical (unpaired) electrons. The van der Waals surface area contributed by atoms with Crippen LogP contribution in [0.4, 0.5) is 4.79 Å². The standard InChI is InChI=1S/C16H28N4O3/c1-12(2)17-16(23)20-6-4-14(5-7-20)15(22)19-10-8-18(9-11-19)13(3)21/h12,14H,4-11H2,1-3H3,(H,17,23). The van der Waals surface area contributed by atoms with Gasteiger partial charge in [-0.15, -0.1) is 0 Å². The lowest BCUT2D eigenvalue weighted by atomic mass is 9.95. The molecule has 1 N–H and O–H groups in total. The molecule has 23 heavy (non-hydrogen) atoms. The van der Waals surface area contributed by atoms with Crippen molar-refractivity contribution in [3.05, 3.63) is 0 Å². The van der Waals surface area contributed by atoms with E-state index in [0.29, 0.717) is 39.3 Å². The average Bonchev–Trinajstić information content (AvgIpc) is 2.53. The summed E-state index contributed by atoms with van der Waals surface area (Å²) in [6.07, 6.45) is 1.44. The summed E-state index contributed by atoms with van der Waals surface area (Å²) in [5, 5.41) is 2.89. The molecule has 0 aromatic heterocycles.